The average molecular weight is 740 g/mol. The summed E-state index contributed by atoms with van der Waals surface area (Å²) in [4.78, 5) is 73.1. The summed E-state index contributed by atoms with van der Waals surface area (Å²) in [5, 5.41) is 17.0. The lowest BCUT2D eigenvalue weighted by Gasteiger charge is -2.68. The van der Waals surface area contributed by atoms with Gasteiger partial charge in [-0.05, 0) is 60.8 Å². The highest BCUT2D eigenvalue weighted by molar-refractivity contribution is 6.74. The molecule has 14 nitrogen and oxygen atoms in total. The van der Waals surface area contributed by atoms with Crippen LogP contribution in [0.25, 0.3) is 10.4 Å². The number of aliphatic hydroxyl groups is 1. The number of ketones is 2. The van der Waals surface area contributed by atoms with Crippen molar-refractivity contribution in [3.05, 3.63) is 57.5 Å². The Bertz CT molecular complexity index is 1780. The predicted molar refractivity (Wildman–Crippen MR) is 188 cm³/mol. The van der Waals surface area contributed by atoms with Gasteiger partial charge in [0.15, 0.2) is 31.6 Å². The molecule has 2 bridgehead atoms. The zero-order valence-corrected chi connectivity index (χ0v) is 32.6. The molecule has 1 aliphatic heterocycles. The molecule has 3 aliphatic carbocycles. The van der Waals surface area contributed by atoms with Gasteiger partial charge in [-0.15, -0.1) is 0 Å². The van der Waals surface area contributed by atoms with Crippen molar-refractivity contribution < 1.29 is 52.5 Å². The largest absolute Gasteiger partial charge is 0.455 e. The number of Topliss-reactive ketones (excluding diaryl/α,β-unsaturated/α-hetero) is 2. The predicted octanol–water partition coefficient (Wildman–Crippen LogP) is 5.18. The number of hydrogen-bond acceptors (Lipinski definition) is 12. The summed E-state index contributed by atoms with van der Waals surface area (Å²) >= 11 is 0. The summed E-state index contributed by atoms with van der Waals surface area (Å²) < 4.78 is 31.6. The zero-order valence-electron chi connectivity index (χ0n) is 31.6. The van der Waals surface area contributed by atoms with Crippen LogP contribution in [0.2, 0.25) is 18.1 Å². The number of carbonyl (C=O) groups excluding carboxylic acids is 5. The van der Waals surface area contributed by atoms with E-state index < -0.39 is 96.2 Å². The normalized spacial score (nSPS) is 35.4. The van der Waals surface area contributed by atoms with Gasteiger partial charge in [0.25, 0.3) is 0 Å². The van der Waals surface area contributed by atoms with Crippen LogP contribution < -0.4 is 0 Å². The van der Waals surface area contributed by atoms with Crippen LogP contribution in [0.15, 0.2) is 46.6 Å². The van der Waals surface area contributed by atoms with E-state index in [1.54, 1.807) is 25.1 Å². The van der Waals surface area contributed by atoms with Gasteiger partial charge >= 0.3 is 17.9 Å². The van der Waals surface area contributed by atoms with E-state index in [9.17, 15) is 29.8 Å². The smallest absolute Gasteiger partial charge is 0.338 e. The van der Waals surface area contributed by atoms with Crippen LogP contribution in [0.1, 0.15) is 79.1 Å². The maximum Gasteiger partial charge on any atom is 0.338 e. The first-order valence-corrected chi connectivity index (χ1v) is 20.3. The van der Waals surface area contributed by atoms with Gasteiger partial charge in [0.2, 0.25) is 0 Å². The Kier molecular flexibility index (Phi) is 9.76. The van der Waals surface area contributed by atoms with E-state index in [0.717, 1.165) is 6.92 Å². The van der Waals surface area contributed by atoms with Gasteiger partial charge in [0.1, 0.15) is 23.9 Å². The first kappa shape index (κ1) is 39.3. The molecule has 52 heavy (non-hydrogen) atoms. The Balaban J connectivity index is 1.96. The molecule has 0 unspecified atom stereocenters. The summed E-state index contributed by atoms with van der Waals surface area (Å²) in [7, 11) is -2.77. The fourth-order valence-corrected chi connectivity index (χ4v) is 10.1. The van der Waals surface area contributed by atoms with Crippen molar-refractivity contribution in [2.24, 2.45) is 21.9 Å². The van der Waals surface area contributed by atoms with Crippen LogP contribution in [0.3, 0.4) is 0 Å². The fourth-order valence-electron chi connectivity index (χ4n) is 8.74. The number of benzene rings is 1. The number of esters is 3. The Morgan fingerprint density at radius 3 is 2.15 bits per heavy atom. The number of fused-ring (bicyclic) bond motifs is 5. The SMILES string of the molecule is CC(=O)O[C@H]1C(=O)[C@]2(C)[C@@H](O[Si](C)(C)C(C)(C)C)C[C@H]3OC[C@@]3(OC(C)=O)[C@H]2[C@H](OC(=O)c2ccccc2)[C@]2(O)[C@@H](N=[N+]=[N-])C(=O)C(C)=C1C2(C)C. The summed E-state index contributed by atoms with van der Waals surface area (Å²) in [6, 6.07) is 6.01. The van der Waals surface area contributed by atoms with Crippen LogP contribution in [-0.4, -0.2) is 91.2 Å². The lowest BCUT2D eigenvalue weighted by atomic mass is 9.44. The minimum absolute atomic E-state index is 0.0374. The van der Waals surface area contributed by atoms with Crippen molar-refractivity contribution in [1.82, 2.24) is 0 Å². The van der Waals surface area contributed by atoms with Crippen LogP contribution >= 0.6 is 0 Å². The van der Waals surface area contributed by atoms with Crippen molar-refractivity contribution in [3.8, 4) is 0 Å². The van der Waals surface area contributed by atoms with Gasteiger partial charge in [-0.3, -0.25) is 19.2 Å². The minimum Gasteiger partial charge on any atom is -0.455 e. The highest BCUT2D eigenvalue weighted by Crippen LogP contribution is 2.65. The number of nitrogens with zero attached hydrogens (tertiary/aromatic N) is 3. The fraction of sp³-hybridized carbons (Fsp3) is 0.649. The molecule has 15 heteroatoms. The van der Waals surface area contributed by atoms with E-state index in [0.29, 0.717) is 0 Å². The number of carbonyl (C=O) groups is 5. The van der Waals surface area contributed by atoms with E-state index in [2.05, 4.69) is 10.0 Å². The summed E-state index contributed by atoms with van der Waals surface area (Å²) in [6.45, 7) is 18.1. The summed E-state index contributed by atoms with van der Waals surface area (Å²) in [5.74, 6) is -5.58. The Labute approximate surface area is 304 Å². The lowest BCUT2D eigenvalue weighted by Crippen LogP contribution is -2.83. The zero-order chi connectivity index (χ0) is 39.0. The summed E-state index contributed by atoms with van der Waals surface area (Å²) in [6.07, 6.45) is -5.53. The van der Waals surface area contributed by atoms with Gasteiger partial charge in [0, 0.05) is 30.6 Å². The van der Waals surface area contributed by atoms with Crippen LogP contribution in [0.5, 0.6) is 0 Å². The molecule has 1 aromatic rings. The first-order valence-electron chi connectivity index (χ1n) is 17.4. The molecule has 0 radical (unpaired) electrons. The second-order valence-corrected chi connectivity index (χ2v) is 21.5. The van der Waals surface area contributed by atoms with Crippen LogP contribution in [0, 0.1) is 16.7 Å². The van der Waals surface area contributed by atoms with E-state index in [1.807, 2.05) is 33.9 Å². The van der Waals surface area contributed by atoms with E-state index in [-0.39, 0.29) is 34.8 Å². The molecular weight excluding hydrogens is 691 g/mol. The van der Waals surface area contributed by atoms with Gasteiger partial charge in [-0.25, -0.2) is 4.79 Å². The lowest BCUT2D eigenvalue weighted by molar-refractivity contribution is -0.343. The Morgan fingerprint density at radius 2 is 1.65 bits per heavy atom. The molecule has 0 aromatic heterocycles. The van der Waals surface area contributed by atoms with Crippen LogP contribution in [-0.2, 0) is 42.6 Å². The quantitative estimate of drug-likeness (QED) is 0.0965. The van der Waals surface area contributed by atoms with Gasteiger partial charge in [-0.2, -0.15) is 0 Å². The molecule has 9 atom stereocenters. The van der Waals surface area contributed by atoms with Crippen molar-refractivity contribution in [2.75, 3.05) is 6.61 Å². The molecule has 4 aliphatic rings. The molecule has 1 N–H and O–H groups in total. The molecule has 0 amide bonds. The highest BCUT2D eigenvalue weighted by Gasteiger charge is 2.80. The molecule has 1 heterocycles. The Morgan fingerprint density at radius 1 is 1.04 bits per heavy atom. The third-order valence-corrected chi connectivity index (χ3v) is 17.0. The number of ether oxygens (including phenoxy) is 4. The van der Waals surface area contributed by atoms with Gasteiger partial charge < -0.3 is 28.5 Å². The van der Waals surface area contributed by atoms with Crippen LogP contribution in [0.4, 0.5) is 0 Å². The van der Waals surface area contributed by atoms with E-state index >= 15 is 4.79 Å². The summed E-state index contributed by atoms with van der Waals surface area (Å²) in [5.41, 5.74) is 1.82. The van der Waals surface area contributed by atoms with Gasteiger partial charge in [0.05, 0.1) is 29.6 Å². The van der Waals surface area contributed by atoms with Crippen molar-refractivity contribution in [3.63, 3.8) is 0 Å². The molecule has 0 spiro atoms. The second-order valence-electron chi connectivity index (χ2n) is 16.7. The van der Waals surface area contributed by atoms with Crippen molar-refractivity contribution in [2.45, 2.75) is 129 Å². The molecule has 282 valence electrons. The third kappa shape index (κ3) is 5.63. The van der Waals surface area contributed by atoms with Crippen molar-refractivity contribution >= 4 is 37.8 Å². The molecule has 3 fully saturated rings. The van der Waals surface area contributed by atoms with E-state index in [4.69, 9.17) is 23.4 Å². The number of azide groups is 1. The second kappa shape index (κ2) is 12.9. The molecular formula is C37H49N3O11Si. The average Bonchev–Trinajstić information content (AvgIpc) is 3.03. The number of rotatable bonds is 7. The standard InChI is InChI=1S/C37H49N3O11Si/c1-19-25-27(48-20(2)41)30(44)35(9)23(51-52(10,11)33(4,5)6)17-24-36(18-47-24,50-21(3)42)28(35)31(49-32(45)22-15-13-12-14-16-22)37(46,34(25,7)8)29(26(19)43)39-40-38/h12-16,23-24,27-29,31,46H,17-18H2,1-11H3/t23-,24+,27+,28-,29-,31-,35+,36-,37+/m0/s1. The van der Waals surface area contributed by atoms with Gasteiger partial charge in [-0.1, -0.05) is 57.9 Å². The molecule has 5 rings (SSSR count). The van der Waals surface area contributed by atoms with E-state index in [1.165, 1.54) is 39.8 Å². The van der Waals surface area contributed by atoms with Crippen molar-refractivity contribution in [1.29, 1.82) is 0 Å². The maximum absolute atomic E-state index is 15.7. The molecule has 1 aromatic carbocycles. The Hall–Kier alpha value is -3.88. The first-order chi connectivity index (χ1) is 23.9. The molecule has 1 saturated heterocycles. The monoisotopic (exact) mass is 739 g/mol. The number of hydrogen-bond donors (Lipinski definition) is 1. The molecule has 2 saturated carbocycles. The topological polar surface area (TPSA) is 200 Å². The third-order valence-electron chi connectivity index (χ3n) is 12.5. The maximum atomic E-state index is 15.7. The minimum atomic E-state index is -2.77. The highest BCUT2D eigenvalue weighted by atomic mass is 28.4.